The second-order valence-corrected chi connectivity index (χ2v) is 5.38. The molecule has 0 aliphatic rings. The molecule has 26 heavy (non-hydrogen) atoms. The fourth-order valence-corrected chi connectivity index (χ4v) is 2.48. The molecule has 0 heterocycles. The summed E-state index contributed by atoms with van der Waals surface area (Å²) in [5.41, 5.74) is -0.140. The second-order valence-electron chi connectivity index (χ2n) is 5.38. The number of esters is 2. The average Bonchev–Trinajstić information content (AvgIpc) is 2.66. The van der Waals surface area contributed by atoms with Crippen LogP contribution in [0.5, 0.6) is 5.75 Å². The van der Waals surface area contributed by atoms with Gasteiger partial charge in [0, 0.05) is 12.1 Å². The number of non-ortho nitro benzene ring substituents is 1. The first kappa shape index (κ1) is 17.1. The highest BCUT2D eigenvalue weighted by atomic mass is 16.6. The Kier molecular flexibility index (Phi) is 4.62. The summed E-state index contributed by atoms with van der Waals surface area (Å²) < 4.78 is 10.1. The first-order valence-corrected chi connectivity index (χ1v) is 7.57. The molecule has 0 N–H and O–H groups in total. The minimum absolute atomic E-state index is 0.00294. The van der Waals surface area contributed by atoms with Crippen molar-refractivity contribution in [1.29, 1.82) is 0 Å². The topological polar surface area (TPSA) is 95.7 Å². The molecule has 0 amide bonds. The molecule has 3 rings (SSSR count). The van der Waals surface area contributed by atoms with Gasteiger partial charge in [0.25, 0.3) is 5.69 Å². The van der Waals surface area contributed by atoms with Crippen LogP contribution < -0.4 is 4.74 Å². The molecule has 0 fully saturated rings. The van der Waals surface area contributed by atoms with E-state index < -0.39 is 16.9 Å². The summed E-state index contributed by atoms with van der Waals surface area (Å²) in [6, 6.07) is 15.5. The summed E-state index contributed by atoms with van der Waals surface area (Å²) in [5.74, 6) is -1.45. The maximum Gasteiger partial charge on any atom is 0.343 e. The molecule has 3 aromatic carbocycles. The van der Waals surface area contributed by atoms with Gasteiger partial charge in [-0.2, -0.15) is 0 Å². The molecule has 0 atom stereocenters. The van der Waals surface area contributed by atoms with E-state index >= 15 is 0 Å². The lowest BCUT2D eigenvalue weighted by atomic mass is 10.1. The van der Waals surface area contributed by atoms with Crippen molar-refractivity contribution in [2.45, 2.75) is 0 Å². The van der Waals surface area contributed by atoms with Gasteiger partial charge < -0.3 is 9.47 Å². The standard InChI is InChI=1S/C19H13NO6/c1-25-19(22)16-10-12-5-2-3-6-13(12)11-17(16)26-18(21)14-7-4-8-15(9-14)20(23)24/h2-11H,1H3. The van der Waals surface area contributed by atoms with Crippen molar-refractivity contribution in [3.05, 3.63) is 81.9 Å². The van der Waals surface area contributed by atoms with Crippen molar-refractivity contribution in [2.75, 3.05) is 7.11 Å². The van der Waals surface area contributed by atoms with E-state index in [1.165, 1.54) is 25.3 Å². The minimum Gasteiger partial charge on any atom is -0.465 e. The summed E-state index contributed by atoms with van der Waals surface area (Å²) >= 11 is 0. The van der Waals surface area contributed by atoms with Gasteiger partial charge in [-0.3, -0.25) is 10.1 Å². The van der Waals surface area contributed by atoms with E-state index in [-0.39, 0.29) is 22.6 Å². The van der Waals surface area contributed by atoms with E-state index in [2.05, 4.69) is 0 Å². The monoisotopic (exact) mass is 351 g/mol. The number of hydrogen-bond donors (Lipinski definition) is 0. The van der Waals surface area contributed by atoms with Crippen molar-refractivity contribution < 1.29 is 24.0 Å². The number of nitrogens with zero attached hydrogens (tertiary/aromatic N) is 1. The number of methoxy groups -OCH3 is 1. The second kappa shape index (κ2) is 7.02. The molecular formula is C19H13NO6. The van der Waals surface area contributed by atoms with Gasteiger partial charge in [0.2, 0.25) is 0 Å². The Bertz CT molecular complexity index is 1030. The maximum absolute atomic E-state index is 12.4. The predicted molar refractivity (Wildman–Crippen MR) is 93.3 cm³/mol. The van der Waals surface area contributed by atoms with Crippen molar-refractivity contribution in [1.82, 2.24) is 0 Å². The number of nitro groups is 1. The number of hydrogen-bond acceptors (Lipinski definition) is 6. The number of carbonyl (C=O) groups is 2. The van der Waals surface area contributed by atoms with Crippen molar-refractivity contribution in [3.8, 4) is 5.75 Å². The van der Waals surface area contributed by atoms with E-state index in [0.29, 0.717) is 0 Å². The van der Waals surface area contributed by atoms with E-state index in [4.69, 9.17) is 9.47 Å². The number of fused-ring (bicyclic) bond motifs is 1. The summed E-state index contributed by atoms with van der Waals surface area (Å²) in [6.07, 6.45) is 0. The molecule has 0 saturated heterocycles. The molecule has 130 valence electrons. The van der Waals surface area contributed by atoms with Crippen LogP contribution in [0.15, 0.2) is 60.7 Å². The summed E-state index contributed by atoms with van der Waals surface area (Å²) in [4.78, 5) is 34.7. The molecule has 7 heteroatoms. The third kappa shape index (κ3) is 3.36. The lowest BCUT2D eigenvalue weighted by Gasteiger charge is -2.10. The van der Waals surface area contributed by atoms with Gasteiger partial charge in [-0.1, -0.05) is 30.3 Å². The van der Waals surface area contributed by atoms with Crippen LogP contribution in [0.4, 0.5) is 5.69 Å². The lowest BCUT2D eigenvalue weighted by molar-refractivity contribution is -0.384. The largest absolute Gasteiger partial charge is 0.465 e. The zero-order chi connectivity index (χ0) is 18.7. The van der Waals surface area contributed by atoms with Gasteiger partial charge in [0.05, 0.1) is 17.6 Å². The Morgan fingerprint density at radius 2 is 1.62 bits per heavy atom. The van der Waals surface area contributed by atoms with E-state index in [0.717, 1.165) is 16.8 Å². The normalized spacial score (nSPS) is 10.3. The molecule has 3 aromatic rings. The van der Waals surface area contributed by atoms with E-state index in [9.17, 15) is 19.7 Å². The molecule has 0 spiro atoms. The van der Waals surface area contributed by atoms with Crippen LogP contribution in [0.25, 0.3) is 10.8 Å². The minimum atomic E-state index is -0.811. The molecule has 0 radical (unpaired) electrons. The maximum atomic E-state index is 12.4. The highest BCUT2D eigenvalue weighted by Gasteiger charge is 2.19. The van der Waals surface area contributed by atoms with Crippen molar-refractivity contribution in [2.24, 2.45) is 0 Å². The van der Waals surface area contributed by atoms with Crippen LogP contribution in [-0.4, -0.2) is 24.0 Å². The van der Waals surface area contributed by atoms with Gasteiger partial charge >= 0.3 is 11.9 Å². The zero-order valence-corrected chi connectivity index (χ0v) is 13.7. The molecule has 0 bridgehead atoms. The highest BCUT2D eigenvalue weighted by Crippen LogP contribution is 2.28. The Labute approximate surface area is 147 Å². The summed E-state index contributed by atoms with van der Waals surface area (Å²) in [6.45, 7) is 0. The smallest absolute Gasteiger partial charge is 0.343 e. The Morgan fingerprint density at radius 3 is 2.27 bits per heavy atom. The SMILES string of the molecule is COC(=O)c1cc2ccccc2cc1OC(=O)c1cccc([N+](=O)[O-])c1. The third-order valence-corrected chi connectivity index (χ3v) is 3.75. The predicted octanol–water partition coefficient (Wildman–Crippen LogP) is 3.75. The number of ether oxygens (including phenoxy) is 2. The first-order chi connectivity index (χ1) is 12.5. The number of nitro benzene ring substituents is 1. The van der Waals surface area contributed by atoms with Gasteiger partial charge in [-0.25, -0.2) is 9.59 Å². The number of carbonyl (C=O) groups excluding carboxylic acids is 2. The number of rotatable bonds is 4. The summed E-state index contributed by atoms with van der Waals surface area (Å²) in [7, 11) is 1.23. The van der Waals surface area contributed by atoms with E-state index in [1.54, 1.807) is 18.2 Å². The molecule has 0 aliphatic heterocycles. The Balaban J connectivity index is 2.01. The third-order valence-electron chi connectivity index (χ3n) is 3.75. The van der Waals surface area contributed by atoms with Crippen LogP contribution >= 0.6 is 0 Å². The fourth-order valence-electron chi connectivity index (χ4n) is 2.48. The fraction of sp³-hybridized carbons (Fsp3) is 0.0526. The molecular weight excluding hydrogens is 338 g/mol. The molecule has 0 unspecified atom stereocenters. The molecule has 7 nitrogen and oxygen atoms in total. The lowest BCUT2D eigenvalue weighted by Crippen LogP contribution is -2.12. The quantitative estimate of drug-likeness (QED) is 0.307. The first-order valence-electron chi connectivity index (χ1n) is 7.57. The van der Waals surface area contributed by atoms with Gasteiger partial charge in [-0.05, 0) is 29.0 Å². The van der Waals surface area contributed by atoms with Crippen LogP contribution in [-0.2, 0) is 4.74 Å². The Hall–Kier alpha value is -3.74. The Morgan fingerprint density at radius 1 is 0.923 bits per heavy atom. The van der Waals surface area contributed by atoms with Gasteiger partial charge in [0.1, 0.15) is 11.3 Å². The van der Waals surface area contributed by atoms with Crippen LogP contribution in [0.1, 0.15) is 20.7 Å². The van der Waals surface area contributed by atoms with Crippen LogP contribution in [0.3, 0.4) is 0 Å². The summed E-state index contributed by atoms with van der Waals surface area (Å²) in [5, 5.41) is 12.4. The van der Waals surface area contributed by atoms with Crippen LogP contribution in [0, 0.1) is 10.1 Å². The van der Waals surface area contributed by atoms with Gasteiger partial charge in [0.15, 0.2) is 0 Å². The molecule has 0 aliphatic carbocycles. The zero-order valence-electron chi connectivity index (χ0n) is 13.7. The van der Waals surface area contributed by atoms with Gasteiger partial charge in [-0.15, -0.1) is 0 Å². The van der Waals surface area contributed by atoms with Crippen molar-refractivity contribution in [3.63, 3.8) is 0 Å². The number of benzene rings is 3. The molecule has 0 aromatic heterocycles. The average molecular weight is 351 g/mol. The van der Waals surface area contributed by atoms with Crippen molar-refractivity contribution >= 4 is 28.4 Å². The molecule has 0 saturated carbocycles. The highest BCUT2D eigenvalue weighted by molar-refractivity contribution is 6.00. The van der Waals surface area contributed by atoms with E-state index in [1.807, 2.05) is 18.2 Å². The van der Waals surface area contributed by atoms with Crippen LogP contribution in [0.2, 0.25) is 0 Å².